The third-order valence-corrected chi connectivity index (χ3v) is 4.97. The zero-order valence-corrected chi connectivity index (χ0v) is 14.2. The lowest BCUT2D eigenvalue weighted by molar-refractivity contribution is 0.312. The normalized spacial score (nSPS) is 22.6. The predicted molar refractivity (Wildman–Crippen MR) is 89.7 cm³/mol. The second kappa shape index (κ2) is 6.63. The van der Waals surface area contributed by atoms with E-state index in [4.69, 9.17) is 10.7 Å². The maximum absolute atomic E-state index is 6.09. The third-order valence-electron chi connectivity index (χ3n) is 4.97. The van der Waals surface area contributed by atoms with Gasteiger partial charge < -0.3 is 10.6 Å². The van der Waals surface area contributed by atoms with Crippen LogP contribution in [-0.4, -0.2) is 23.1 Å². The number of hydrogen-bond donors (Lipinski definition) is 1. The Morgan fingerprint density at radius 1 is 1.19 bits per heavy atom. The van der Waals surface area contributed by atoms with Crippen molar-refractivity contribution in [3.05, 3.63) is 11.4 Å². The Balaban J connectivity index is 2.20. The van der Waals surface area contributed by atoms with E-state index in [2.05, 4.69) is 37.7 Å². The Morgan fingerprint density at radius 3 is 2.33 bits per heavy atom. The van der Waals surface area contributed by atoms with Crippen molar-refractivity contribution in [2.45, 2.75) is 71.8 Å². The minimum atomic E-state index is 0.302. The molecular weight excluding hydrogens is 260 g/mol. The lowest BCUT2D eigenvalue weighted by atomic mass is 9.84. The van der Waals surface area contributed by atoms with Gasteiger partial charge in [-0.25, -0.2) is 9.97 Å². The molecule has 0 aromatic carbocycles. The summed E-state index contributed by atoms with van der Waals surface area (Å²) in [6, 6.07) is 0.584. The first-order chi connectivity index (χ1) is 9.93. The molecule has 0 saturated heterocycles. The number of aromatic nitrogens is 2. The molecule has 21 heavy (non-hydrogen) atoms. The van der Waals surface area contributed by atoms with Crippen LogP contribution in [0.15, 0.2) is 0 Å². The first-order valence-corrected chi connectivity index (χ1v) is 8.30. The second-order valence-electron chi connectivity index (χ2n) is 6.76. The minimum absolute atomic E-state index is 0.302. The number of anilines is 2. The van der Waals surface area contributed by atoms with Gasteiger partial charge in [-0.05, 0) is 38.5 Å². The molecule has 1 heterocycles. The van der Waals surface area contributed by atoms with Crippen molar-refractivity contribution < 1.29 is 0 Å². The molecule has 4 heteroatoms. The molecule has 0 radical (unpaired) electrons. The largest absolute Gasteiger partial charge is 0.383 e. The maximum atomic E-state index is 6.09. The lowest BCUT2D eigenvalue weighted by Crippen LogP contribution is -2.36. The summed E-state index contributed by atoms with van der Waals surface area (Å²) in [6.45, 7) is 8.56. The number of nitrogen functional groups attached to an aromatic ring is 1. The standard InChI is InChI=1S/C17H30N4/c1-6-13-7-9-14(10-8-13)21(5)17-12(4)15(18)19-16(20-17)11(2)3/h11,13-14H,6-10H2,1-5H3,(H2,18,19,20). The number of nitrogens with two attached hydrogens (primary N) is 1. The topological polar surface area (TPSA) is 55.0 Å². The molecule has 1 fully saturated rings. The second-order valence-corrected chi connectivity index (χ2v) is 6.76. The Kier molecular flexibility index (Phi) is 5.07. The van der Waals surface area contributed by atoms with Crippen LogP contribution in [0.4, 0.5) is 11.6 Å². The predicted octanol–water partition coefficient (Wildman–Crippen LogP) is 3.90. The molecule has 1 saturated carbocycles. The van der Waals surface area contributed by atoms with E-state index in [0.29, 0.717) is 17.8 Å². The zero-order chi connectivity index (χ0) is 15.6. The molecule has 1 aliphatic carbocycles. The summed E-state index contributed by atoms with van der Waals surface area (Å²) in [6.07, 6.45) is 6.50. The molecule has 1 aromatic heterocycles. The fourth-order valence-electron chi connectivity index (χ4n) is 3.25. The van der Waals surface area contributed by atoms with E-state index in [-0.39, 0.29) is 0 Å². The summed E-state index contributed by atoms with van der Waals surface area (Å²) in [4.78, 5) is 11.5. The first-order valence-electron chi connectivity index (χ1n) is 8.30. The van der Waals surface area contributed by atoms with Crippen LogP contribution in [0, 0.1) is 12.8 Å². The van der Waals surface area contributed by atoms with Crippen molar-refractivity contribution in [2.75, 3.05) is 17.7 Å². The minimum Gasteiger partial charge on any atom is -0.383 e. The van der Waals surface area contributed by atoms with Gasteiger partial charge in [0.1, 0.15) is 17.5 Å². The Hall–Kier alpha value is -1.32. The van der Waals surface area contributed by atoms with Crippen LogP contribution in [0.3, 0.4) is 0 Å². The highest BCUT2D eigenvalue weighted by atomic mass is 15.2. The van der Waals surface area contributed by atoms with Crippen molar-refractivity contribution in [1.82, 2.24) is 9.97 Å². The van der Waals surface area contributed by atoms with Crippen LogP contribution in [0.5, 0.6) is 0 Å². The fraction of sp³-hybridized carbons (Fsp3) is 0.765. The quantitative estimate of drug-likeness (QED) is 0.914. The molecule has 0 bridgehead atoms. The highest BCUT2D eigenvalue weighted by Crippen LogP contribution is 2.32. The average Bonchev–Trinajstić information content (AvgIpc) is 2.49. The van der Waals surface area contributed by atoms with E-state index in [9.17, 15) is 0 Å². The van der Waals surface area contributed by atoms with E-state index in [0.717, 1.165) is 23.1 Å². The molecule has 0 amide bonds. The van der Waals surface area contributed by atoms with Gasteiger partial charge in [0, 0.05) is 24.6 Å². The molecule has 0 spiro atoms. The molecule has 0 aliphatic heterocycles. The highest BCUT2D eigenvalue weighted by Gasteiger charge is 2.25. The van der Waals surface area contributed by atoms with Gasteiger partial charge in [-0.15, -0.1) is 0 Å². The summed E-state index contributed by atoms with van der Waals surface area (Å²) < 4.78 is 0. The lowest BCUT2D eigenvalue weighted by Gasteiger charge is -2.36. The van der Waals surface area contributed by atoms with Crippen LogP contribution in [0.25, 0.3) is 0 Å². The highest BCUT2D eigenvalue weighted by molar-refractivity contribution is 5.56. The molecular formula is C17H30N4. The summed E-state index contributed by atoms with van der Waals surface area (Å²) in [7, 11) is 2.16. The molecule has 2 N–H and O–H groups in total. The summed E-state index contributed by atoms with van der Waals surface area (Å²) in [5.74, 6) is 3.71. The van der Waals surface area contributed by atoms with E-state index in [1.54, 1.807) is 0 Å². The summed E-state index contributed by atoms with van der Waals surface area (Å²) in [5, 5.41) is 0. The van der Waals surface area contributed by atoms with Crippen molar-refractivity contribution in [2.24, 2.45) is 5.92 Å². The van der Waals surface area contributed by atoms with Gasteiger partial charge in [0.15, 0.2) is 0 Å². The molecule has 2 rings (SSSR count). The molecule has 118 valence electrons. The van der Waals surface area contributed by atoms with Crippen LogP contribution < -0.4 is 10.6 Å². The summed E-state index contributed by atoms with van der Waals surface area (Å²) in [5.41, 5.74) is 7.11. The first kappa shape index (κ1) is 16.1. The van der Waals surface area contributed by atoms with Crippen molar-refractivity contribution in [3.63, 3.8) is 0 Å². The molecule has 4 nitrogen and oxygen atoms in total. The maximum Gasteiger partial charge on any atom is 0.137 e. The summed E-state index contributed by atoms with van der Waals surface area (Å²) >= 11 is 0. The van der Waals surface area contributed by atoms with Gasteiger partial charge in [0.2, 0.25) is 0 Å². The van der Waals surface area contributed by atoms with Crippen LogP contribution in [-0.2, 0) is 0 Å². The van der Waals surface area contributed by atoms with E-state index < -0.39 is 0 Å². The van der Waals surface area contributed by atoms with Gasteiger partial charge in [0.05, 0.1) is 0 Å². The SMILES string of the molecule is CCC1CCC(N(C)c2nc(C(C)C)nc(N)c2C)CC1. The average molecular weight is 290 g/mol. The molecule has 1 aromatic rings. The molecule has 0 unspecified atom stereocenters. The van der Waals surface area contributed by atoms with Crippen molar-refractivity contribution in [3.8, 4) is 0 Å². The van der Waals surface area contributed by atoms with Gasteiger partial charge >= 0.3 is 0 Å². The Morgan fingerprint density at radius 2 is 1.81 bits per heavy atom. The Bertz CT molecular complexity index is 476. The molecule has 0 atom stereocenters. The van der Waals surface area contributed by atoms with Crippen molar-refractivity contribution >= 4 is 11.6 Å². The van der Waals surface area contributed by atoms with E-state index >= 15 is 0 Å². The molecule has 1 aliphatic rings. The van der Waals surface area contributed by atoms with E-state index in [1.165, 1.54) is 32.1 Å². The van der Waals surface area contributed by atoms with Gasteiger partial charge in [-0.3, -0.25) is 0 Å². The zero-order valence-electron chi connectivity index (χ0n) is 14.2. The number of hydrogen-bond acceptors (Lipinski definition) is 4. The van der Waals surface area contributed by atoms with E-state index in [1.807, 2.05) is 6.92 Å². The monoisotopic (exact) mass is 290 g/mol. The van der Waals surface area contributed by atoms with Crippen LogP contribution >= 0.6 is 0 Å². The number of nitrogens with zero attached hydrogens (tertiary/aromatic N) is 3. The van der Waals surface area contributed by atoms with Crippen LogP contribution in [0.2, 0.25) is 0 Å². The number of rotatable bonds is 4. The smallest absolute Gasteiger partial charge is 0.137 e. The van der Waals surface area contributed by atoms with Gasteiger partial charge in [-0.1, -0.05) is 27.2 Å². The van der Waals surface area contributed by atoms with Crippen molar-refractivity contribution in [1.29, 1.82) is 0 Å². The van der Waals surface area contributed by atoms with Crippen LogP contribution in [0.1, 0.15) is 70.2 Å². The van der Waals surface area contributed by atoms with Gasteiger partial charge in [0.25, 0.3) is 0 Å². The van der Waals surface area contributed by atoms with Gasteiger partial charge in [-0.2, -0.15) is 0 Å². The fourth-order valence-corrected chi connectivity index (χ4v) is 3.25. The Labute approximate surface area is 129 Å². The third kappa shape index (κ3) is 3.47.